The molecule has 0 saturated carbocycles. The van der Waals surface area contributed by atoms with Crippen molar-refractivity contribution in [1.82, 2.24) is 14.4 Å². The van der Waals surface area contributed by atoms with Gasteiger partial charge in [-0.1, -0.05) is 24.3 Å². The fourth-order valence-corrected chi connectivity index (χ4v) is 5.05. The summed E-state index contributed by atoms with van der Waals surface area (Å²) in [5.41, 5.74) is 6.23. The van der Waals surface area contributed by atoms with Crippen LogP contribution in [0.2, 0.25) is 0 Å². The molecule has 144 valence electrons. The average molecular weight is 399 g/mol. The number of hydrogen-bond acceptors (Lipinski definition) is 4. The number of benzene rings is 3. The maximum atomic E-state index is 6.48. The van der Waals surface area contributed by atoms with E-state index < -0.39 is 0 Å². The number of hydrogen-bond donors (Lipinski definition) is 0. The summed E-state index contributed by atoms with van der Waals surface area (Å²) in [6, 6.07) is 20.5. The van der Waals surface area contributed by atoms with E-state index in [4.69, 9.17) is 8.83 Å². The van der Waals surface area contributed by atoms with Gasteiger partial charge in [0, 0.05) is 45.5 Å². The van der Waals surface area contributed by atoms with Crippen LogP contribution in [0.3, 0.4) is 0 Å². The monoisotopic (exact) mass is 399 g/mol. The van der Waals surface area contributed by atoms with Crippen molar-refractivity contribution in [3.05, 3.63) is 79.3 Å². The molecule has 5 heterocycles. The Labute approximate surface area is 174 Å². The van der Waals surface area contributed by atoms with Crippen molar-refractivity contribution in [2.45, 2.75) is 0 Å². The molecule has 0 bridgehead atoms. The molecule has 0 fully saturated rings. The quantitative estimate of drug-likeness (QED) is 0.262. The van der Waals surface area contributed by atoms with Crippen LogP contribution in [-0.2, 0) is 0 Å². The Morgan fingerprint density at radius 2 is 1.48 bits per heavy atom. The Kier molecular flexibility index (Phi) is 2.60. The molecule has 5 heteroatoms. The first-order chi connectivity index (χ1) is 15.4. The lowest BCUT2D eigenvalue weighted by atomic mass is 10.0. The van der Waals surface area contributed by atoms with Gasteiger partial charge in [0.15, 0.2) is 5.65 Å². The lowest BCUT2D eigenvalue weighted by molar-refractivity contribution is 0.663. The molecular weight excluding hydrogens is 386 g/mol. The first-order valence-electron chi connectivity index (χ1n) is 10.2. The zero-order chi connectivity index (χ0) is 20.1. The van der Waals surface area contributed by atoms with Crippen LogP contribution < -0.4 is 0 Å². The number of fused-ring (bicyclic) bond motifs is 14. The van der Waals surface area contributed by atoms with Crippen LogP contribution in [0.1, 0.15) is 0 Å². The van der Waals surface area contributed by atoms with Gasteiger partial charge in [0.2, 0.25) is 0 Å². The molecule has 0 aliphatic heterocycles. The molecular formula is C26H13N3O2. The third-order valence-electron chi connectivity index (χ3n) is 6.31. The molecule has 8 aromatic rings. The minimum absolute atomic E-state index is 0.834. The van der Waals surface area contributed by atoms with Gasteiger partial charge in [-0.05, 0) is 36.4 Å². The first-order valence-corrected chi connectivity index (χ1v) is 10.2. The number of nitrogens with zero attached hydrogens (tertiary/aromatic N) is 3. The largest absolute Gasteiger partial charge is 0.456 e. The molecule has 31 heavy (non-hydrogen) atoms. The third kappa shape index (κ3) is 1.78. The van der Waals surface area contributed by atoms with Crippen molar-refractivity contribution >= 4 is 71.3 Å². The van der Waals surface area contributed by atoms with Crippen LogP contribution in [0.25, 0.3) is 71.3 Å². The predicted octanol–water partition coefficient (Wildman–Crippen LogP) is 6.83. The van der Waals surface area contributed by atoms with Crippen molar-refractivity contribution in [3.63, 3.8) is 0 Å². The number of aromatic nitrogens is 3. The van der Waals surface area contributed by atoms with Gasteiger partial charge in [-0.3, -0.25) is 9.38 Å². The van der Waals surface area contributed by atoms with E-state index >= 15 is 0 Å². The standard InChI is InChI=1S/C26H13N3O2/c1-2-6-18-14(4-1)23-20(30-18)9-7-16-22-19(31-25(16)23)10-8-17-21(22)15-5-3-11-27-24(15)26-28-12-13-29(17)26/h1-13H. The number of furan rings is 2. The molecule has 5 nitrogen and oxygen atoms in total. The Morgan fingerprint density at radius 3 is 2.48 bits per heavy atom. The molecule has 3 aromatic carbocycles. The maximum Gasteiger partial charge on any atom is 0.163 e. The average Bonchev–Trinajstić information content (AvgIpc) is 3.53. The third-order valence-corrected chi connectivity index (χ3v) is 6.31. The fraction of sp³-hybridized carbons (Fsp3) is 0. The van der Waals surface area contributed by atoms with Crippen LogP contribution >= 0.6 is 0 Å². The Bertz CT molecular complexity index is 2010. The molecule has 0 unspecified atom stereocenters. The highest BCUT2D eigenvalue weighted by Gasteiger charge is 2.20. The molecule has 0 amide bonds. The van der Waals surface area contributed by atoms with Gasteiger partial charge in [0.25, 0.3) is 0 Å². The number of para-hydroxylation sites is 1. The summed E-state index contributed by atoms with van der Waals surface area (Å²) in [6.45, 7) is 0. The lowest BCUT2D eigenvalue weighted by Gasteiger charge is -2.08. The highest BCUT2D eigenvalue weighted by atomic mass is 16.3. The van der Waals surface area contributed by atoms with Gasteiger partial charge in [0.05, 0.1) is 10.9 Å². The fourth-order valence-electron chi connectivity index (χ4n) is 5.05. The van der Waals surface area contributed by atoms with Crippen molar-refractivity contribution in [1.29, 1.82) is 0 Å². The summed E-state index contributed by atoms with van der Waals surface area (Å²) < 4.78 is 14.7. The van der Waals surface area contributed by atoms with Crippen LogP contribution in [0.5, 0.6) is 0 Å². The van der Waals surface area contributed by atoms with E-state index in [9.17, 15) is 0 Å². The minimum Gasteiger partial charge on any atom is -0.456 e. The zero-order valence-electron chi connectivity index (χ0n) is 16.2. The SMILES string of the molecule is c1ccc2c(c1)oc1ccc3c(oc4ccc5c(c6cccnc6c6nccn56)c43)c12. The molecule has 0 aliphatic rings. The highest BCUT2D eigenvalue weighted by Crippen LogP contribution is 2.43. The molecule has 0 N–H and O–H groups in total. The van der Waals surface area contributed by atoms with Gasteiger partial charge in [0.1, 0.15) is 27.8 Å². The zero-order valence-corrected chi connectivity index (χ0v) is 16.2. The highest BCUT2D eigenvalue weighted by molar-refractivity contribution is 6.30. The summed E-state index contributed by atoms with van der Waals surface area (Å²) in [7, 11) is 0. The van der Waals surface area contributed by atoms with E-state index in [1.54, 1.807) is 0 Å². The lowest BCUT2D eigenvalue weighted by Crippen LogP contribution is -1.92. The summed E-state index contributed by atoms with van der Waals surface area (Å²) in [4.78, 5) is 9.22. The molecule has 8 rings (SSSR count). The predicted molar refractivity (Wildman–Crippen MR) is 123 cm³/mol. The summed E-state index contributed by atoms with van der Waals surface area (Å²) >= 11 is 0. The number of imidazole rings is 1. The van der Waals surface area contributed by atoms with Crippen molar-refractivity contribution < 1.29 is 8.83 Å². The molecule has 0 spiro atoms. The van der Waals surface area contributed by atoms with E-state index in [1.807, 2.05) is 55.0 Å². The normalized spacial score (nSPS) is 12.5. The van der Waals surface area contributed by atoms with Gasteiger partial charge in [-0.15, -0.1) is 0 Å². The molecule has 0 atom stereocenters. The van der Waals surface area contributed by atoms with Gasteiger partial charge in [-0.25, -0.2) is 4.98 Å². The van der Waals surface area contributed by atoms with Gasteiger partial charge >= 0.3 is 0 Å². The first kappa shape index (κ1) is 15.5. The topological polar surface area (TPSA) is 56.5 Å². The maximum absolute atomic E-state index is 6.48. The van der Waals surface area contributed by atoms with E-state index in [0.717, 1.165) is 71.3 Å². The molecule has 0 radical (unpaired) electrons. The summed E-state index contributed by atoms with van der Waals surface area (Å²) in [5.74, 6) is 0. The summed E-state index contributed by atoms with van der Waals surface area (Å²) in [5, 5.41) is 6.44. The van der Waals surface area contributed by atoms with Gasteiger partial charge < -0.3 is 8.83 Å². The van der Waals surface area contributed by atoms with E-state index in [1.165, 1.54) is 0 Å². The molecule has 5 aromatic heterocycles. The number of pyridine rings is 2. The van der Waals surface area contributed by atoms with E-state index in [2.05, 4.69) is 38.6 Å². The minimum atomic E-state index is 0.834. The van der Waals surface area contributed by atoms with E-state index in [0.29, 0.717) is 0 Å². The summed E-state index contributed by atoms with van der Waals surface area (Å²) in [6.07, 6.45) is 5.63. The van der Waals surface area contributed by atoms with Gasteiger partial charge in [-0.2, -0.15) is 0 Å². The smallest absolute Gasteiger partial charge is 0.163 e. The van der Waals surface area contributed by atoms with Crippen molar-refractivity contribution in [2.24, 2.45) is 0 Å². The molecule has 0 saturated heterocycles. The Morgan fingerprint density at radius 1 is 0.613 bits per heavy atom. The second kappa shape index (κ2) is 5.21. The molecule has 0 aliphatic carbocycles. The van der Waals surface area contributed by atoms with Crippen LogP contribution in [0.15, 0.2) is 88.1 Å². The second-order valence-corrected chi connectivity index (χ2v) is 7.87. The van der Waals surface area contributed by atoms with E-state index in [-0.39, 0.29) is 0 Å². The van der Waals surface area contributed by atoms with Crippen molar-refractivity contribution in [3.8, 4) is 0 Å². The van der Waals surface area contributed by atoms with Crippen LogP contribution in [-0.4, -0.2) is 14.4 Å². The second-order valence-electron chi connectivity index (χ2n) is 7.87. The Hall–Kier alpha value is -4.38. The van der Waals surface area contributed by atoms with Crippen molar-refractivity contribution in [2.75, 3.05) is 0 Å². The number of rotatable bonds is 0. The Balaban J connectivity index is 1.71. The van der Waals surface area contributed by atoms with Crippen LogP contribution in [0, 0.1) is 0 Å². The van der Waals surface area contributed by atoms with Crippen LogP contribution in [0.4, 0.5) is 0 Å².